The van der Waals surface area contributed by atoms with Crippen molar-refractivity contribution in [3.05, 3.63) is 29.8 Å². The van der Waals surface area contributed by atoms with Gasteiger partial charge in [-0.15, -0.1) is 11.8 Å². The molecule has 1 unspecified atom stereocenters. The van der Waals surface area contributed by atoms with Gasteiger partial charge in [0.15, 0.2) is 0 Å². The van der Waals surface area contributed by atoms with E-state index in [0.717, 1.165) is 25.0 Å². The Hall–Kier alpha value is -1.91. The van der Waals surface area contributed by atoms with Gasteiger partial charge >= 0.3 is 0 Å². The SMILES string of the molecule is COc1ccc(CC(SNC(=O)[C@@H](C)NC(=O)[C@@H]2CSCN2C(=O)C(C)(C)O)C2CCCCC2)cc1. The first-order valence-corrected chi connectivity index (χ1v) is 14.6. The predicted molar refractivity (Wildman–Crippen MR) is 145 cm³/mol. The van der Waals surface area contributed by atoms with E-state index in [-0.39, 0.29) is 17.1 Å². The van der Waals surface area contributed by atoms with Crippen molar-refractivity contribution >= 4 is 41.4 Å². The first-order valence-electron chi connectivity index (χ1n) is 12.6. The van der Waals surface area contributed by atoms with Gasteiger partial charge in [-0.3, -0.25) is 19.1 Å². The molecule has 1 aromatic carbocycles. The van der Waals surface area contributed by atoms with Crippen LogP contribution in [0.1, 0.15) is 58.4 Å². The van der Waals surface area contributed by atoms with Crippen LogP contribution in [-0.4, -0.2) is 69.4 Å². The Morgan fingerprint density at radius 2 is 1.86 bits per heavy atom. The molecule has 3 amide bonds. The molecule has 1 saturated heterocycles. The number of carbonyl (C=O) groups is 3. The quantitative estimate of drug-likeness (QED) is 0.394. The summed E-state index contributed by atoms with van der Waals surface area (Å²) in [4.78, 5) is 39.7. The zero-order chi connectivity index (χ0) is 26.3. The van der Waals surface area contributed by atoms with Gasteiger partial charge in [0.1, 0.15) is 23.4 Å². The van der Waals surface area contributed by atoms with E-state index < -0.39 is 23.6 Å². The van der Waals surface area contributed by atoms with Gasteiger partial charge in [-0.1, -0.05) is 31.4 Å². The predicted octanol–water partition coefficient (Wildman–Crippen LogP) is 3.13. The van der Waals surface area contributed by atoms with Gasteiger partial charge in [0.2, 0.25) is 5.91 Å². The fourth-order valence-electron chi connectivity index (χ4n) is 4.61. The first-order chi connectivity index (χ1) is 17.1. The number of ether oxygens (including phenoxy) is 1. The molecule has 1 aromatic rings. The number of nitrogens with zero attached hydrogens (tertiary/aromatic N) is 1. The molecule has 3 atom stereocenters. The number of rotatable bonds is 10. The van der Waals surface area contributed by atoms with Crippen LogP contribution in [0.5, 0.6) is 5.75 Å². The molecule has 1 aliphatic carbocycles. The highest BCUT2D eigenvalue weighted by Crippen LogP contribution is 2.34. The lowest BCUT2D eigenvalue weighted by Gasteiger charge is -2.30. The third-order valence-electron chi connectivity index (χ3n) is 6.80. The van der Waals surface area contributed by atoms with Crippen LogP contribution in [0.3, 0.4) is 0 Å². The number of hydrogen-bond acceptors (Lipinski definition) is 7. The van der Waals surface area contributed by atoms with Crippen LogP contribution in [0.15, 0.2) is 24.3 Å². The average Bonchev–Trinajstić information content (AvgIpc) is 3.36. The Bertz CT molecular complexity index is 900. The molecule has 3 rings (SSSR count). The highest BCUT2D eigenvalue weighted by atomic mass is 32.2. The monoisotopic (exact) mass is 537 g/mol. The summed E-state index contributed by atoms with van der Waals surface area (Å²) in [7, 11) is 1.65. The summed E-state index contributed by atoms with van der Waals surface area (Å²) in [6.07, 6.45) is 6.83. The lowest BCUT2D eigenvalue weighted by molar-refractivity contribution is -0.151. The van der Waals surface area contributed by atoms with Gasteiger partial charge in [-0.2, -0.15) is 0 Å². The number of aliphatic hydroxyl groups is 1. The summed E-state index contributed by atoms with van der Waals surface area (Å²) >= 11 is 2.91. The van der Waals surface area contributed by atoms with E-state index in [1.54, 1.807) is 14.0 Å². The molecule has 0 radical (unpaired) electrons. The maximum absolute atomic E-state index is 12.9. The zero-order valence-electron chi connectivity index (χ0n) is 21.6. The third-order valence-corrected chi connectivity index (χ3v) is 8.99. The minimum Gasteiger partial charge on any atom is -0.497 e. The zero-order valence-corrected chi connectivity index (χ0v) is 23.3. The third kappa shape index (κ3) is 7.79. The number of nitrogens with one attached hydrogen (secondary N) is 2. The van der Waals surface area contributed by atoms with Gasteiger partial charge in [0, 0.05) is 11.0 Å². The van der Waals surface area contributed by atoms with Gasteiger partial charge in [0.05, 0.1) is 13.0 Å². The van der Waals surface area contributed by atoms with Crippen molar-refractivity contribution in [3.8, 4) is 5.75 Å². The molecule has 2 aliphatic rings. The van der Waals surface area contributed by atoms with Crippen molar-refractivity contribution in [1.29, 1.82) is 0 Å². The summed E-state index contributed by atoms with van der Waals surface area (Å²) in [6, 6.07) is 6.60. The van der Waals surface area contributed by atoms with Crippen LogP contribution in [0, 0.1) is 5.92 Å². The van der Waals surface area contributed by atoms with Gasteiger partial charge in [-0.25, -0.2) is 0 Å². The fraction of sp³-hybridized carbons (Fsp3) is 0.654. The number of benzene rings is 1. The molecule has 0 spiro atoms. The number of thioether (sulfide) groups is 1. The lowest BCUT2D eigenvalue weighted by Crippen LogP contribution is -2.55. The van der Waals surface area contributed by atoms with E-state index in [0.29, 0.717) is 17.5 Å². The van der Waals surface area contributed by atoms with Crippen molar-refractivity contribution in [3.63, 3.8) is 0 Å². The molecule has 0 aromatic heterocycles. The molecular weight excluding hydrogens is 498 g/mol. The summed E-state index contributed by atoms with van der Waals surface area (Å²) in [6.45, 7) is 4.47. The van der Waals surface area contributed by atoms with Crippen molar-refractivity contribution in [2.75, 3.05) is 18.7 Å². The Morgan fingerprint density at radius 1 is 1.19 bits per heavy atom. The van der Waals surface area contributed by atoms with E-state index in [9.17, 15) is 19.5 Å². The normalized spacial score (nSPS) is 20.5. The molecular formula is C26H39N3O5S2. The largest absolute Gasteiger partial charge is 0.497 e. The molecule has 10 heteroatoms. The topological polar surface area (TPSA) is 108 Å². The van der Waals surface area contributed by atoms with Crippen LogP contribution in [0.25, 0.3) is 0 Å². The highest BCUT2D eigenvalue weighted by molar-refractivity contribution is 7.99. The second kappa shape index (κ2) is 13.1. The van der Waals surface area contributed by atoms with Gasteiger partial charge in [0.25, 0.3) is 11.8 Å². The van der Waals surface area contributed by atoms with E-state index in [2.05, 4.69) is 22.2 Å². The smallest absolute Gasteiger partial charge is 0.255 e. The summed E-state index contributed by atoms with van der Waals surface area (Å²) in [5, 5.41) is 13.1. The molecule has 1 heterocycles. The fourth-order valence-corrected chi connectivity index (χ4v) is 6.95. The lowest BCUT2D eigenvalue weighted by atomic mass is 9.85. The van der Waals surface area contributed by atoms with E-state index in [4.69, 9.17) is 4.74 Å². The second-order valence-electron chi connectivity index (χ2n) is 10.2. The summed E-state index contributed by atoms with van der Waals surface area (Å²) < 4.78 is 8.26. The van der Waals surface area contributed by atoms with E-state index >= 15 is 0 Å². The van der Waals surface area contributed by atoms with E-state index in [1.807, 2.05) is 12.1 Å². The molecule has 3 N–H and O–H groups in total. The molecule has 200 valence electrons. The number of amides is 3. The van der Waals surface area contributed by atoms with Gasteiger partial charge < -0.3 is 20.1 Å². The molecule has 0 bridgehead atoms. The van der Waals surface area contributed by atoms with Crippen molar-refractivity contribution in [2.45, 2.75) is 82.2 Å². The standard InChI is InChI=1S/C26H39N3O5S2/c1-17(27-24(31)21-15-35-16-29(21)25(32)26(2,3)33)23(30)28-36-22(19-8-6-5-7-9-19)14-18-10-12-20(34-4)13-11-18/h10-13,17,19,21-22,33H,5-9,14-16H2,1-4H3,(H,27,31)(H,28,30)/t17-,21+,22?/m1/s1. The van der Waals surface area contributed by atoms with Crippen LogP contribution in [0.4, 0.5) is 0 Å². The number of hydrogen-bond donors (Lipinski definition) is 3. The van der Waals surface area contributed by atoms with Gasteiger partial charge in [-0.05, 0) is 75.6 Å². The van der Waals surface area contributed by atoms with E-state index in [1.165, 1.54) is 67.3 Å². The maximum Gasteiger partial charge on any atom is 0.255 e. The van der Waals surface area contributed by atoms with Crippen LogP contribution in [-0.2, 0) is 20.8 Å². The van der Waals surface area contributed by atoms with Crippen molar-refractivity contribution < 1.29 is 24.2 Å². The molecule has 8 nitrogen and oxygen atoms in total. The Morgan fingerprint density at radius 3 is 2.47 bits per heavy atom. The van der Waals surface area contributed by atoms with Crippen LogP contribution >= 0.6 is 23.7 Å². The van der Waals surface area contributed by atoms with Crippen LogP contribution in [0.2, 0.25) is 0 Å². The van der Waals surface area contributed by atoms with Crippen molar-refractivity contribution in [1.82, 2.24) is 14.9 Å². The number of carbonyl (C=O) groups excluding carboxylic acids is 3. The Kier molecular flexibility index (Phi) is 10.4. The molecule has 36 heavy (non-hydrogen) atoms. The average molecular weight is 538 g/mol. The molecule has 2 fully saturated rings. The number of methoxy groups -OCH3 is 1. The van der Waals surface area contributed by atoms with Crippen LogP contribution < -0.4 is 14.8 Å². The Balaban J connectivity index is 1.57. The minimum absolute atomic E-state index is 0.233. The Labute approximate surface area is 222 Å². The van der Waals surface area contributed by atoms with Crippen molar-refractivity contribution in [2.24, 2.45) is 5.92 Å². The molecule has 1 saturated carbocycles. The first kappa shape index (κ1) is 28.7. The molecule has 1 aliphatic heterocycles. The maximum atomic E-state index is 12.9. The second-order valence-corrected chi connectivity index (χ2v) is 12.2. The highest BCUT2D eigenvalue weighted by Gasteiger charge is 2.40. The minimum atomic E-state index is -1.55. The summed E-state index contributed by atoms with van der Waals surface area (Å²) in [5.41, 5.74) is -0.356. The summed E-state index contributed by atoms with van der Waals surface area (Å²) in [5.74, 6) is 0.972.